The lowest BCUT2D eigenvalue weighted by molar-refractivity contribution is -0.151. The normalized spacial score (nSPS) is 24.5. The van der Waals surface area contributed by atoms with Gasteiger partial charge in [0.15, 0.2) is 11.5 Å². The summed E-state index contributed by atoms with van der Waals surface area (Å²) in [6.07, 6.45) is 7.78. The molecule has 1 heterocycles. The number of hydrogen-bond donors (Lipinski definition) is 1. The van der Waals surface area contributed by atoms with Crippen LogP contribution in [0.5, 0.6) is 17.2 Å². The molecular weight excluding hydrogens is 430 g/mol. The number of piperidine rings is 1. The average molecular weight is 466 g/mol. The first kappa shape index (κ1) is 24.1. The third-order valence-corrected chi connectivity index (χ3v) is 7.21. The number of fused-ring (bicyclic) bond motifs is 1. The van der Waals surface area contributed by atoms with E-state index in [0.717, 1.165) is 42.6 Å². The average Bonchev–Trinajstić information content (AvgIpc) is 2.86. The number of methoxy groups -OCH3 is 2. The summed E-state index contributed by atoms with van der Waals surface area (Å²) in [6, 6.07) is 13.3. The lowest BCUT2D eigenvalue weighted by atomic mass is 9.66. The van der Waals surface area contributed by atoms with E-state index >= 15 is 0 Å². The number of ether oxygens (including phenoxy) is 3. The van der Waals surface area contributed by atoms with Crippen molar-refractivity contribution in [3.05, 3.63) is 59.7 Å². The molecule has 1 saturated carbocycles. The van der Waals surface area contributed by atoms with Gasteiger partial charge in [-0.25, -0.2) is 0 Å². The molecule has 2 aromatic rings. The Morgan fingerprint density at radius 2 is 1.88 bits per heavy atom. The SMILES string of the molecule is CCOc1ccccc1C1C2CCCCC2(O)CCN1C(=O)C=Cc1ccc(OC)c(OC)c1. The van der Waals surface area contributed by atoms with Gasteiger partial charge in [0.2, 0.25) is 5.91 Å². The van der Waals surface area contributed by atoms with Crippen LogP contribution in [0.3, 0.4) is 0 Å². The van der Waals surface area contributed by atoms with Crippen LogP contribution in [-0.4, -0.2) is 48.9 Å². The summed E-state index contributed by atoms with van der Waals surface area (Å²) in [4.78, 5) is 15.5. The number of benzene rings is 2. The van der Waals surface area contributed by atoms with E-state index in [-0.39, 0.29) is 17.9 Å². The molecule has 1 saturated heterocycles. The van der Waals surface area contributed by atoms with Crippen LogP contribution in [0.2, 0.25) is 0 Å². The summed E-state index contributed by atoms with van der Waals surface area (Å²) in [5.41, 5.74) is 1.08. The Morgan fingerprint density at radius 3 is 2.65 bits per heavy atom. The quantitative estimate of drug-likeness (QED) is 0.582. The van der Waals surface area contributed by atoms with E-state index in [4.69, 9.17) is 14.2 Å². The van der Waals surface area contributed by atoms with Crippen molar-refractivity contribution in [3.63, 3.8) is 0 Å². The van der Waals surface area contributed by atoms with Crippen LogP contribution >= 0.6 is 0 Å². The molecule has 2 aromatic carbocycles. The van der Waals surface area contributed by atoms with Gasteiger partial charge in [0.1, 0.15) is 5.75 Å². The number of nitrogens with zero attached hydrogens (tertiary/aromatic N) is 1. The van der Waals surface area contributed by atoms with Gasteiger partial charge in [-0.2, -0.15) is 0 Å². The molecule has 2 fully saturated rings. The molecule has 1 aliphatic heterocycles. The molecular formula is C28H35NO5. The number of rotatable bonds is 7. The fourth-order valence-corrected chi connectivity index (χ4v) is 5.55. The van der Waals surface area contributed by atoms with Crippen molar-refractivity contribution in [1.82, 2.24) is 4.90 Å². The highest BCUT2D eigenvalue weighted by Gasteiger charge is 2.50. The van der Waals surface area contributed by atoms with Crippen LogP contribution in [0.15, 0.2) is 48.5 Å². The topological polar surface area (TPSA) is 68.2 Å². The molecule has 182 valence electrons. The molecule has 3 unspecified atom stereocenters. The number of amides is 1. The lowest BCUT2D eigenvalue weighted by Crippen LogP contribution is -2.56. The van der Waals surface area contributed by atoms with Crippen molar-refractivity contribution < 1.29 is 24.1 Å². The van der Waals surface area contributed by atoms with Gasteiger partial charge >= 0.3 is 0 Å². The Morgan fingerprint density at radius 1 is 1.09 bits per heavy atom. The van der Waals surface area contributed by atoms with E-state index in [9.17, 15) is 9.90 Å². The summed E-state index contributed by atoms with van der Waals surface area (Å²) in [6.45, 7) is 3.02. The Balaban J connectivity index is 1.66. The molecule has 0 radical (unpaired) electrons. The van der Waals surface area contributed by atoms with Crippen molar-refractivity contribution in [1.29, 1.82) is 0 Å². The standard InChI is InChI=1S/C28H35NO5/c1-4-34-23-11-6-5-9-21(23)27-22-10-7-8-16-28(22,31)17-18-29(27)26(30)15-13-20-12-14-24(32-2)25(19-20)33-3/h5-6,9,11-15,19,22,27,31H,4,7-8,10,16-18H2,1-3H3. The largest absolute Gasteiger partial charge is 0.494 e. The van der Waals surface area contributed by atoms with E-state index in [1.54, 1.807) is 26.4 Å². The molecule has 0 aromatic heterocycles. The van der Waals surface area contributed by atoms with Crippen LogP contribution < -0.4 is 14.2 Å². The van der Waals surface area contributed by atoms with Crippen molar-refractivity contribution in [3.8, 4) is 17.2 Å². The fraction of sp³-hybridized carbons (Fsp3) is 0.464. The van der Waals surface area contributed by atoms with Crippen LogP contribution in [0.25, 0.3) is 6.08 Å². The summed E-state index contributed by atoms with van der Waals surface area (Å²) < 4.78 is 16.6. The van der Waals surface area contributed by atoms with Crippen molar-refractivity contribution in [2.45, 2.75) is 50.7 Å². The Labute approximate surface area is 202 Å². The number of aliphatic hydroxyl groups is 1. The minimum atomic E-state index is -0.744. The maximum absolute atomic E-state index is 13.5. The predicted molar refractivity (Wildman–Crippen MR) is 132 cm³/mol. The van der Waals surface area contributed by atoms with Gasteiger partial charge in [-0.15, -0.1) is 0 Å². The van der Waals surface area contributed by atoms with Gasteiger partial charge in [0.25, 0.3) is 0 Å². The van der Waals surface area contributed by atoms with E-state index in [1.807, 2.05) is 54.3 Å². The molecule has 1 aliphatic carbocycles. The van der Waals surface area contributed by atoms with Crippen molar-refractivity contribution in [2.75, 3.05) is 27.4 Å². The number of carbonyl (C=O) groups is 1. The molecule has 34 heavy (non-hydrogen) atoms. The van der Waals surface area contributed by atoms with Gasteiger partial charge in [0.05, 0.1) is 32.5 Å². The lowest BCUT2D eigenvalue weighted by Gasteiger charge is -2.52. The molecule has 1 N–H and O–H groups in total. The molecule has 3 atom stereocenters. The summed E-state index contributed by atoms with van der Waals surface area (Å²) in [5.74, 6) is 1.96. The maximum Gasteiger partial charge on any atom is 0.247 e. The molecule has 1 amide bonds. The Bertz CT molecular complexity index is 1040. The second kappa shape index (κ2) is 10.5. The summed E-state index contributed by atoms with van der Waals surface area (Å²) >= 11 is 0. The van der Waals surface area contributed by atoms with E-state index in [1.165, 1.54) is 0 Å². The van der Waals surface area contributed by atoms with Gasteiger partial charge in [0, 0.05) is 24.1 Å². The summed E-state index contributed by atoms with van der Waals surface area (Å²) in [5, 5.41) is 11.5. The molecule has 4 rings (SSSR count). The number of hydrogen-bond acceptors (Lipinski definition) is 5. The third-order valence-electron chi connectivity index (χ3n) is 7.21. The number of likely N-dealkylation sites (tertiary alicyclic amines) is 1. The third kappa shape index (κ3) is 4.78. The Kier molecular flexibility index (Phi) is 7.47. The zero-order valence-corrected chi connectivity index (χ0v) is 20.3. The van der Waals surface area contributed by atoms with Crippen LogP contribution in [0, 0.1) is 5.92 Å². The van der Waals surface area contributed by atoms with E-state index < -0.39 is 5.60 Å². The smallest absolute Gasteiger partial charge is 0.247 e. The fourth-order valence-electron chi connectivity index (χ4n) is 5.55. The van der Waals surface area contributed by atoms with Crippen LogP contribution in [0.1, 0.15) is 56.2 Å². The highest BCUT2D eigenvalue weighted by molar-refractivity contribution is 5.92. The molecule has 0 spiro atoms. The van der Waals surface area contributed by atoms with Crippen molar-refractivity contribution in [2.24, 2.45) is 5.92 Å². The van der Waals surface area contributed by atoms with Gasteiger partial charge in [-0.3, -0.25) is 4.79 Å². The maximum atomic E-state index is 13.5. The zero-order chi connectivity index (χ0) is 24.1. The Hall–Kier alpha value is -2.99. The predicted octanol–water partition coefficient (Wildman–Crippen LogP) is 5.01. The minimum absolute atomic E-state index is 0.0185. The van der Waals surface area contributed by atoms with E-state index in [0.29, 0.717) is 31.1 Å². The first-order valence-corrected chi connectivity index (χ1v) is 12.2. The second-order valence-corrected chi connectivity index (χ2v) is 9.10. The molecule has 6 heteroatoms. The highest BCUT2D eigenvalue weighted by atomic mass is 16.5. The van der Waals surface area contributed by atoms with Crippen molar-refractivity contribution >= 4 is 12.0 Å². The summed E-state index contributed by atoms with van der Waals surface area (Å²) in [7, 11) is 3.19. The number of para-hydroxylation sites is 1. The van der Waals surface area contributed by atoms with Crippen LogP contribution in [0.4, 0.5) is 0 Å². The second-order valence-electron chi connectivity index (χ2n) is 9.10. The first-order chi connectivity index (χ1) is 16.5. The van der Waals surface area contributed by atoms with Gasteiger partial charge in [-0.05, 0) is 56.0 Å². The zero-order valence-electron chi connectivity index (χ0n) is 20.3. The molecule has 6 nitrogen and oxygen atoms in total. The molecule has 2 aliphatic rings. The first-order valence-electron chi connectivity index (χ1n) is 12.2. The monoisotopic (exact) mass is 465 g/mol. The van der Waals surface area contributed by atoms with Gasteiger partial charge in [-0.1, -0.05) is 37.1 Å². The van der Waals surface area contributed by atoms with Gasteiger partial charge < -0.3 is 24.2 Å². The van der Waals surface area contributed by atoms with E-state index in [2.05, 4.69) is 0 Å². The highest BCUT2D eigenvalue weighted by Crippen LogP contribution is 2.50. The van der Waals surface area contributed by atoms with Crippen LogP contribution in [-0.2, 0) is 4.79 Å². The minimum Gasteiger partial charge on any atom is -0.494 e. The molecule has 0 bridgehead atoms. The number of carbonyl (C=O) groups excluding carboxylic acids is 1.